The Morgan fingerprint density at radius 3 is 2.71 bits per heavy atom. The molecule has 0 bridgehead atoms. The topological polar surface area (TPSA) is 47.1 Å². The molecule has 3 aromatic rings. The Morgan fingerprint density at radius 2 is 1.95 bits per heavy atom. The van der Waals surface area contributed by atoms with Crippen LogP contribution in [0, 0.1) is 0 Å². The Hall–Kier alpha value is -2.63. The fourth-order valence-electron chi connectivity index (χ4n) is 2.07. The van der Waals surface area contributed by atoms with Gasteiger partial charge in [0.1, 0.15) is 17.3 Å². The molecule has 1 N–H and O–H groups in total. The average Bonchev–Trinajstić information content (AvgIpc) is 2.89. The zero-order valence-electron chi connectivity index (χ0n) is 11.1. The summed E-state index contributed by atoms with van der Waals surface area (Å²) in [6.45, 7) is -2.85. The van der Waals surface area contributed by atoms with E-state index >= 15 is 0 Å². The number of rotatable bonds is 4. The lowest BCUT2D eigenvalue weighted by atomic mass is 10.2. The van der Waals surface area contributed by atoms with Gasteiger partial charge < -0.3 is 14.5 Å². The lowest BCUT2D eigenvalue weighted by Crippen LogP contribution is -2.01. The van der Waals surface area contributed by atoms with Crippen LogP contribution >= 0.6 is 0 Å². The highest BCUT2D eigenvalue weighted by molar-refractivity contribution is 5.80. The minimum atomic E-state index is -2.85. The molecule has 2 aromatic carbocycles. The maximum absolute atomic E-state index is 12.2. The van der Waals surface area contributed by atoms with E-state index in [0.29, 0.717) is 17.1 Å². The van der Waals surface area contributed by atoms with Gasteiger partial charge in [-0.3, -0.25) is 0 Å². The van der Waals surface area contributed by atoms with Crippen molar-refractivity contribution >= 4 is 11.0 Å². The van der Waals surface area contributed by atoms with Crippen molar-refractivity contribution < 1.29 is 18.3 Å². The number of ether oxygens (including phenoxy) is 2. The van der Waals surface area contributed by atoms with Crippen molar-refractivity contribution in [3.05, 3.63) is 42.5 Å². The van der Waals surface area contributed by atoms with Crippen molar-refractivity contribution in [3.63, 3.8) is 0 Å². The van der Waals surface area contributed by atoms with Gasteiger partial charge in [0.05, 0.1) is 18.1 Å². The van der Waals surface area contributed by atoms with Crippen LogP contribution in [-0.4, -0.2) is 23.7 Å². The normalized spacial score (nSPS) is 11.0. The Bertz CT molecular complexity index is 771. The molecule has 0 atom stereocenters. The molecule has 0 aliphatic heterocycles. The third kappa shape index (κ3) is 2.79. The predicted octanol–water partition coefficient (Wildman–Crippen LogP) is 3.84. The van der Waals surface area contributed by atoms with Gasteiger partial charge in [0.25, 0.3) is 0 Å². The fourth-order valence-corrected chi connectivity index (χ4v) is 2.07. The summed E-state index contributed by atoms with van der Waals surface area (Å²) < 4.78 is 34.0. The Balaban J connectivity index is 1.99. The number of hydrogen-bond acceptors (Lipinski definition) is 3. The van der Waals surface area contributed by atoms with Gasteiger partial charge in [-0.1, -0.05) is 12.1 Å². The first-order valence-electron chi connectivity index (χ1n) is 6.25. The van der Waals surface area contributed by atoms with Gasteiger partial charge >= 0.3 is 6.61 Å². The average molecular weight is 290 g/mol. The summed E-state index contributed by atoms with van der Waals surface area (Å²) >= 11 is 0. The fraction of sp³-hybridized carbons (Fsp3) is 0.133. The standard InChI is InChI=1S/C15H12F2N2O2/c1-20-10-5-6-12-13(8-10)19-14(18-12)9-3-2-4-11(7-9)21-15(16)17/h2-8,15H,1H3,(H,18,19). The van der Waals surface area contributed by atoms with Crippen LogP contribution in [0.4, 0.5) is 8.78 Å². The molecule has 0 fully saturated rings. The van der Waals surface area contributed by atoms with Crippen molar-refractivity contribution in [1.82, 2.24) is 9.97 Å². The second-order valence-corrected chi connectivity index (χ2v) is 4.37. The third-order valence-corrected chi connectivity index (χ3v) is 3.02. The number of fused-ring (bicyclic) bond motifs is 1. The number of hydrogen-bond donors (Lipinski definition) is 1. The summed E-state index contributed by atoms with van der Waals surface area (Å²) in [5.41, 5.74) is 2.25. The summed E-state index contributed by atoms with van der Waals surface area (Å²) in [5, 5.41) is 0. The van der Waals surface area contributed by atoms with Crippen molar-refractivity contribution in [2.45, 2.75) is 6.61 Å². The van der Waals surface area contributed by atoms with Crippen LogP contribution in [0.25, 0.3) is 22.4 Å². The first-order valence-corrected chi connectivity index (χ1v) is 6.25. The number of halogens is 2. The number of aromatic nitrogens is 2. The largest absolute Gasteiger partial charge is 0.497 e. The lowest BCUT2D eigenvalue weighted by molar-refractivity contribution is -0.0498. The van der Waals surface area contributed by atoms with E-state index < -0.39 is 6.61 Å². The third-order valence-electron chi connectivity index (χ3n) is 3.02. The number of methoxy groups -OCH3 is 1. The van der Waals surface area contributed by atoms with E-state index in [4.69, 9.17) is 4.74 Å². The molecule has 0 aliphatic rings. The zero-order chi connectivity index (χ0) is 14.8. The van der Waals surface area contributed by atoms with Crippen molar-refractivity contribution in [2.75, 3.05) is 7.11 Å². The number of nitrogens with one attached hydrogen (secondary N) is 1. The molecule has 0 unspecified atom stereocenters. The van der Waals surface area contributed by atoms with Crippen molar-refractivity contribution in [2.24, 2.45) is 0 Å². The minimum Gasteiger partial charge on any atom is -0.497 e. The Kier molecular flexibility index (Phi) is 3.43. The number of benzene rings is 2. The highest BCUT2D eigenvalue weighted by Gasteiger charge is 2.09. The van der Waals surface area contributed by atoms with Crippen LogP contribution in [-0.2, 0) is 0 Å². The maximum atomic E-state index is 12.2. The van der Waals surface area contributed by atoms with E-state index in [1.807, 2.05) is 18.2 Å². The van der Waals surface area contributed by atoms with E-state index in [-0.39, 0.29) is 5.75 Å². The maximum Gasteiger partial charge on any atom is 0.387 e. The summed E-state index contributed by atoms with van der Waals surface area (Å²) in [6, 6.07) is 11.9. The number of H-pyrrole nitrogens is 1. The lowest BCUT2D eigenvalue weighted by Gasteiger charge is -2.05. The molecule has 1 heterocycles. The summed E-state index contributed by atoms with van der Waals surface area (Å²) in [6.07, 6.45) is 0. The van der Waals surface area contributed by atoms with Crippen LogP contribution in [0.3, 0.4) is 0 Å². The van der Waals surface area contributed by atoms with Gasteiger partial charge in [-0.05, 0) is 24.3 Å². The molecule has 6 heteroatoms. The van der Waals surface area contributed by atoms with Crippen molar-refractivity contribution in [1.29, 1.82) is 0 Å². The van der Waals surface area contributed by atoms with Gasteiger partial charge in [0.2, 0.25) is 0 Å². The molecule has 21 heavy (non-hydrogen) atoms. The summed E-state index contributed by atoms with van der Waals surface area (Å²) in [7, 11) is 1.59. The molecule has 4 nitrogen and oxygen atoms in total. The monoisotopic (exact) mass is 290 g/mol. The van der Waals surface area contributed by atoms with E-state index in [1.165, 1.54) is 12.1 Å². The van der Waals surface area contributed by atoms with E-state index in [9.17, 15) is 8.78 Å². The Morgan fingerprint density at radius 1 is 1.10 bits per heavy atom. The molecular formula is C15H12F2N2O2. The number of aromatic amines is 1. The zero-order valence-corrected chi connectivity index (χ0v) is 11.1. The van der Waals surface area contributed by atoms with Gasteiger partial charge in [-0.15, -0.1) is 0 Å². The van der Waals surface area contributed by atoms with Gasteiger partial charge in [-0.25, -0.2) is 4.98 Å². The van der Waals surface area contributed by atoms with E-state index in [1.54, 1.807) is 19.2 Å². The quantitative estimate of drug-likeness (QED) is 0.794. The summed E-state index contributed by atoms with van der Waals surface area (Å²) in [5.74, 6) is 1.39. The second-order valence-electron chi connectivity index (χ2n) is 4.37. The molecule has 3 rings (SSSR count). The van der Waals surface area contributed by atoms with Gasteiger partial charge in [-0.2, -0.15) is 8.78 Å². The van der Waals surface area contributed by atoms with Crippen molar-refractivity contribution in [3.8, 4) is 22.9 Å². The molecule has 0 saturated heterocycles. The molecule has 0 aliphatic carbocycles. The SMILES string of the molecule is COc1ccc2nc(-c3cccc(OC(F)F)c3)[nH]c2c1. The first-order chi connectivity index (χ1) is 10.2. The Labute approximate surface area is 119 Å². The number of nitrogens with zero attached hydrogens (tertiary/aromatic N) is 1. The highest BCUT2D eigenvalue weighted by Crippen LogP contribution is 2.26. The first kappa shape index (κ1) is 13.4. The number of alkyl halides is 2. The molecule has 108 valence electrons. The van der Waals surface area contributed by atoms with Crippen LogP contribution < -0.4 is 9.47 Å². The van der Waals surface area contributed by atoms with E-state index in [2.05, 4.69) is 14.7 Å². The summed E-state index contributed by atoms with van der Waals surface area (Å²) in [4.78, 5) is 7.56. The molecule has 1 aromatic heterocycles. The van der Waals surface area contributed by atoms with Gasteiger partial charge in [0.15, 0.2) is 0 Å². The second kappa shape index (κ2) is 5.40. The van der Waals surface area contributed by atoms with E-state index in [0.717, 1.165) is 11.0 Å². The molecule has 0 saturated carbocycles. The molecule has 0 amide bonds. The highest BCUT2D eigenvalue weighted by atomic mass is 19.3. The predicted molar refractivity (Wildman–Crippen MR) is 74.7 cm³/mol. The molecular weight excluding hydrogens is 278 g/mol. The molecule has 0 spiro atoms. The van der Waals surface area contributed by atoms with Gasteiger partial charge in [0, 0.05) is 11.6 Å². The van der Waals surface area contributed by atoms with Crippen LogP contribution in [0.2, 0.25) is 0 Å². The minimum absolute atomic E-state index is 0.0977. The molecule has 0 radical (unpaired) electrons. The number of imidazole rings is 1. The van der Waals surface area contributed by atoms with Crippen LogP contribution in [0.5, 0.6) is 11.5 Å². The smallest absolute Gasteiger partial charge is 0.387 e. The van der Waals surface area contributed by atoms with Crippen LogP contribution in [0.1, 0.15) is 0 Å². The van der Waals surface area contributed by atoms with Crippen LogP contribution in [0.15, 0.2) is 42.5 Å².